The molecule has 0 bridgehead atoms. The molecule has 1 N–H and O–H groups in total. The number of hydrogen-bond donors (Lipinski definition) is 1. The fourth-order valence-electron chi connectivity index (χ4n) is 2.58. The minimum absolute atomic E-state index is 0.256. The maximum absolute atomic E-state index is 13.1. The van der Waals surface area contributed by atoms with E-state index in [-0.39, 0.29) is 18.2 Å². The third-order valence-corrected chi connectivity index (χ3v) is 3.97. The number of nitrogens with one attached hydrogen (secondary N) is 1. The van der Waals surface area contributed by atoms with Crippen molar-refractivity contribution in [3.05, 3.63) is 77.1 Å². The van der Waals surface area contributed by atoms with E-state index >= 15 is 0 Å². The van der Waals surface area contributed by atoms with Crippen LogP contribution in [0, 0.1) is 25.5 Å². The number of benzene rings is 2. The lowest BCUT2D eigenvalue weighted by atomic mass is 10.2. The molecule has 1 amide bonds. The Kier molecular flexibility index (Phi) is 5.78. The maximum atomic E-state index is 13.1. The summed E-state index contributed by atoms with van der Waals surface area (Å²) in [6, 6.07) is 11.5. The largest absolute Gasteiger partial charge is 0.484 e. The number of amides is 1. The van der Waals surface area contributed by atoms with Gasteiger partial charge in [-0.15, -0.1) is 0 Å². The fraction of sp³-hybridized carbons (Fsp3) is 0.150. The zero-order valence-electron chi connectivity index (χ0n) is 15.3. The monoisotopic (exact) mass is 384 g/mol. The molecule has 0 fully saturated rings. The van der Waals surface area contributed by atoms with Crippen molar-refractivity contribution in [2.45, 2.75) is 13.8 Å². The summed E-state index contributed by atoms with van der Waals surface area (Å²) in [6.07, 6.45) is 1.48. The third-order valence-electron chi connectivity index (χ3n) is 3.97. The van der Waals surface area contributed by atoms with E-state index in [2.05, 4.69) is 15.6 Å². The number of carbonyl (C=O) groups excluding carboxylic acids is 1. The Hall–Kier alpha value is -3.55. The van der Waals surface area contributed by atoms with Crippen LogP contribution in [-0.2, 0) is 4.79 Å². The van der Waals surface area contributed by atoms with Crippen LogP contribution in [-0.4, -0.2) is 28.5 Å². The van der Waals surface area contributed by atoms with E-state index in [1.54, 1.807) is 22.9 Å². The van der Waals surface area contributed by atoms with Gasteiger partial charge < -0.3 is 4.74 Å². The first-order valence-corrected chi connectivity index (χ1v) is 8.46. The highest BCUT2D eigenvalue weighted by molar-refractivity contribution is 5.85. The van der Waals surface area contributed by atoms with Crippen LogP contribution in [0.25, 0.3) is 5.69 Å². The molecule has 1 heterocycles. The van der Waals surface area contributed by atoms with Crippen molar-refractivity contribution in [3.8, 4) is 11.4 Å². The van der Waals surface area contributed by atoms with Gasteiger partial charge in [0.05, 0.1) is 23.3 Å². The van der Waals surface area contributed by atoms with Gasteiger partial charge >= 0.3 is 0 Å². The van der Waals surface area contributed by atoms with Gasteiger partial charge in [-0.25, -0.2) is 18.9 Å². The molecule has 0 aliphatic heterocycles. The van der Waals surface area contributed by atoms with E-state index in [1.807, 2.05) is 13.8 Å². The average molecular weight is 384 g/mol. The van der Waals surface area contributed by atoms with Crippen LogP contribution in [0.1, 0.15) is 17.0 Å². The standard InChI is InChI=1S/C20H18F2N4O2/c1-13-19(14(2)26(25-13)17-8-6-15(21)7-9-17)11-23-24-20(27)12-28-18-5-3-4-16(22)10-18/h3-11H,12H2,1-2H3,(H,24,27)/b23-11-. The lowest BCUT2D eigenvalue weighted by molar-refractivity contribution is -0.123. The van der Waals surface area contributed by atoms with E-state index in [9.17, 15) is 13.6 Å². The molecule has 0 saturated carbocycles. The number of rotatable bonds is 6. The molecule has 28 heavy (non-hydrogen) atoms. The van der Waals surface area contributed by atoms with Gasteiger partial charge in [0.25, 0.3) is 5.91 Å². The van der Waals surface area contributed by atoms with Crippen LogP contribution in [0.15, 0.2) is 53.6 Å². The van der Waals surface area contributed by atoms with Crippen molar-refractivity contribution in [1.82, 2.24) is 15.2 Å². The highest BCUT2D eigenvalue weighted by atomic mass is 19.1. The Morgan fingerprint density at radius 3 is 2.64 bits per heavy atom. The van der Waals surface area contributed by atoms with Crippen LogP contribution in [0.4, 0.5) is 8.78 Å². The summed E-state index contributed by atoms with van der Waals surface area (Å²) in [7, 11) is 0. The average Bonchev–Trinajstić information content (AvgIpc) is 2.95. The summed E-state index contributed by atoms with van der Waals surface area (Å²) in [6.45, 7) is 3.36. The summed E-state index contributed by atoms with van der Waals surface area (Å²) in [4.78, 5) is 11.8. The molecule has 0 radical (unpaired) electrons. The first kappa shape index (κ1) is 19.2. The molecule has 0 unspecified atom stereocenters. The second kappa shape index (κ2) is 8.43. The Balaban J connectivity index is 1.62. The van der Waals surface area contributed by atoms with Crippen LogP contribution in [0.2, 0.25) is 0 Å². The summed E-state index contributed by atoms with van der Waals surface area (Å²) in [5, 5.41) is 8.34. The van der Waals surface area contributed by atoms with Crippen LogP contribution >= 0.6 is 0 Å². The number of hydrogen-bond acceptors (Lipinski definition) is 4. The highest BCUT2D eigenvalue weighted by Gasteiger charge is 2.11. The molecule has 6 nitrogen and oxygen atoms in total. The van der Waals surface area contributed by atoms with Crippen molar-refractivity contribution in [2.24, 2.45) is 5.10 Å². The van der Waals surface area contributed by atoms with Gasteiger partial charge in [0.15, 0.2) is 6.61 Å². The third kappa shape index (κ3) is 4.59. The molecule has 144 valence electrons. The molecule has 0 aliphatic rings. The van der Waals surface area contributed by atoms with Gasteiger partial charge in [-0.05, 0) is 50.2 Å². The first-order chi connectivity index (χ1) is 13.4. The van der Waals surface area contributed by atoms with Gasteiger partial charge in [-0.1, -0.05) is 6.07 Å². The minimum atomic E-state index is -0.484. The van der Waals surface area contributed by atoms with Gasteiger partial charge in [-0.3, -0.25) is 4.79 Å². The van der Waals surface area contributed by atoms with Crippen molar-refractivity contribution >= 4 is 12.1 Å². The van der Waals surface area contributed by atoms with Crippen molar-refractivity contribution in [3.63, 3.8) is 0 Å². The molecule has 3 rings (SSSR count). The van der Waals surface area contributed by atoms with E-state index in [1.165, 1.54) is 36.5 Å². The molecule has 0 saturated heterocycles. The van der Waals surface area contributed by atoms with E-state index in [0.717, 1.165) is 11.3 Å². The summed E-state index contributed by atoms with van der Waals surface area (Å²) in [5.74, 6) is -0.997. The molecule has 3 aromatic rings. The lowest BCUT2D eigenvalue weighted by Crippen LogP contribution is -2.24. The smallest absolute Gasteiger partial charge is 0.277 e. The Labute approximate surface area is 160 Å². The SMILES string of the molecule is Cc1nn(-c2ccc(F)cc2)c(C)c1/C=N\NC(=O)COc1cccc(F)c1. The van der Waals surface area contributed by atoms with Crippen molar-refractivity contribution in [1.29, 1.82) is 0 Å². The van der Waals surface area contributed by atoms with E-state index in [4.69, 9.17) is 4.74 Å². The van der Waals surface area contributed by atoms with Gasteiger partial charge in [-0.2, -0.15) is 10.2 Å². The molecular formula is C20H18F2N4O2. The number of carbonyl (C=O) groups is 1. The number of ether oxygens (including phenoxy) is 1. The van der Waals surface area contributed by atoms with Crippen molar-refractivity contribution in [2.75, 3.05) is 6.61 Å². The molecule has 8 heteroatoms. The quantitative estimate of drug-likeness (QED) is 0.524. The summed E-state index contributed by atoms with van der Waals surface area (Å²) in [5.41, 5.74) is 5.30. The molecule has 0 aliphatic carbocycles. The fourth-order valence-corrected chi connectivity index (χ4v) is 2.58. The van der Waals surface area contributed by atoms with Crippen LogP contribution < -0.4 is 10.2 Å². The number of halogens is 2. The predicted octanol–water partition coefficient (Wildman–Crippen LogP) is 3.30. The zero-order chi connectivity index (χ0) is 20.1. The van der Waals surface area contributed by atoms with Gasteiger partial charge in [0, 0.05) is 11.6 Å². The topological polar surface area (TPSA) is 68.5 Å². The molecule has 1 aromatic heterocycles. The second-order valence-corrected chi connectivity index (χ2v) is 6.01. The Morgan fingerprint density at radius 1 is 1.18 bits per heavy atom. The van der Waals surface area contributed by atoms with Crippen LogP contribution in [0.5, 0.6) is 5.75 Å². The van der Waals surface area contributed by atoms with Crippen LogP contribution in [0.3, 0.4) is 0 Å². The summed E-state index contributed by atoms with van der Waals surface area (Å²) < 4.78 is 33.0. The second-order valence-electron chi connectivity index (χ2n) is 6.01. The Bertz CT molecular complexity index is 1010. The Morgan fingerprint density at radius 2 is 1.93 bits per heavy atom. The molecule has 0 atom stereocenters. The first-order valence-electron chi connectivity index (χ1n) is 8.46. The molecule has 0 spiro atoms. The maximum Gasteiger partial charge on any atom is 0.277 e. The number of nitrogens with zero attached hydrogens (tertiary/aromatic N) is 3. The minimum Gasteiger partial charge on any atom is -0.484 e. The normalized spacial score (nSPS) is 11.0. The predicted molar refractivity (Wildman–Crippen MR) is 101 cm³/mol. The number of aromatic nitrogens is 2. The number of aryl methyl sites for hydroxylation is 1. The summed E-state index contributed by atoms with van der Waals surface area (Å²) >= 11 is 0. The van der Waals surface area contributed by atoms with E-state index < -0.39 is 11.7 Å². The molecule has 2 aromatic carbocycles. The van der Waals surface area contributed by atoms with Gasteiger partial charge in [0.1, 0.15) is 17.4 Å². The van der Waals surface area contributed by atoms with E-state index in [0.29, 0.717) is 11.4 Å². The number of hydrazone groups is 1. The van der Waals surface area contributed by atoms with Gasteiger partial charge in [0.2, 0.25) is 0 Å². The molecular weight excluding hydrogens is 366 g/mol. The van der Waals surface area contributed by atoms with Crippen molar-refractivity contribution < 1.29 is 18.3 Å². The lowest BCUT2D eigenvalue weighted by Gasteiger charge is -2.05. The zero-order valence-corrected chi connectivity index (χ0v) is 15.3. The highest BCUT2D eigenvalue weighted by Crippen LogP contribution is 2.17.